The van der Waals surface area contributed by atoms with Gasteiger partial charge in [0.05, 0.1) is 12.2 Å². The first-order valence-corrected chi connectivity index (χ1v) is 11.0. The molecule has 4 rings (SSSR count). The number of hydrogen-bond acceptors (Lipinski definition) is 4. The summed E-state index contributed by atoms with van der Waals surface area (Å²) in [4.78, 5) is 17.0. The van der Waals surface area contributed by atoms with E-state index in [1.807, 2.05) is 0 Å². The third-order valence-electron chi connectivity index (χ3n) is 5.32. The molecule has 1 fully saturated rings. The summed E-state index contributed by atoms with van der Waals surface area (Å²) < 4.78 is 55.4. The van der Waals surface area contributed by atoms with E-state index in [1.165, 1.54) is 57.8 Å². The number of nitrogens with zero attached hydrogens (tertiary/aromatic N) is 3. The number of halogens is 2. The van der Waals surface area contributed by atoms with Crippen LogP contribution in [0.5, 0.6) is 0 Å². The van der Waals surface area contributed by atoms with Crippen molar-refractivity contribution in [1.82, 2.24) is 13.9 Å². The Morgan fingerprint density at radius 3 is 2.23 bits per heavy atom. The van der Waals surface area contributed by atoms with Crippen LogP contribution in [0.2, 0.25) is 0 Å². The van der Waals surface area contributed by atoms with Crippen LogP contribution in [0.4, 0.5) is 14.5 Å². The summed E-state index contributed by atoms with van der Waals surface area (Å²) in [6, 6.07) is 11.0. The van der Waals surface area contributed by atoms with E-state index in [-0.39, 0.29) is 18.1 Å². The van der Waals surface area contributed by atoms with Gasteiger partial charge < -0.3 is 9.88 Å². The Labute approximate surface area is 178 Å². The number of carbonyl (C=O) groups is 1. The van der Waals surface area contributed by atoms with E-state index in [4.69, 9.17) is 0 Å². The molecule has 1 saturated heterocycles. The number of rotatable bonds is 5. The molecule has 31 heavy (non-hydrogen) atoms. The van der Waals surface area contributed by atoms with Crippen LogP contribution in [0.3, 0.4) is 0 Å². The van der Waals surface area contributed by atoms with Gasteiger partial charge in [0.25, 0.3) is 10.0 Å². The molecule has 2 heterocycles. The minimum absolute atomic E-state index is 0.0477. The van der Waals surface area contributed by atoms with Gasteiger partial charge >= 0.3 is 0 Å². The minimum atomic E-state index is -3.91. The maximum absolute atomic E-state index is 13.4. The number of sulfonamides is 1. The van der Waals surface area contributed by atoms with E-state index in [1.54, 1.807) is 19.2 Å². The van der Waals surface area contributed by atoms with Crippen molar-refractivity contribution in [2.75, 3.05) is 18.4 Å². The molecule has 1 amide bonds. The van der Waals surface area contributed by atoms with Gasteiger partial charge in [0.2, 0.25) is 5.91 Å². The van der Waals surface area contributed by atoms with Gasteiger partial charge in [-0.1, -0.05) is 12.1 Å². The van der Waals surface area contributed by atoms with Crippen LogP contribution in [0.1, 0.15) is 11.5 Å². The molecule has 0 spiro atoms. The van der Waals surface area contributed by atoms with Crippen molar-refractivity contribution in [3.05, 3.63) is 78.3 Å². The second-order valence-corrected chi connectivity index (χ2v) is 9.34. The Bertz CT molecular complexity index is 1190. The van der Waals surface area contributed by atoms with Crippen LogP contribution >= 0.6 is 0 Å². The summed E-state index contributed by atoms with van der Waals surface area (Å²) in [6.45, 7) is -0.0139. The molecule has 1 aliphatic rings. The van der Waals surface area contributed by atoms with Gasteiger partial charge in [0, 0.05) is 37.9 Å². The molecule has 0 aliphatic carbocycles. The summed E-state index contributed by atoms with van der Waals surface area (Å²) >= 11 is 0. The predicted molar refractivity (Wildman–Crippen MR) is 110 cm³/mol. The Morgan fingerprint density at radius 2 is 1.65 bits per heavy atom. The van der Waals surface area contributed by atoms with E-state index in [0.29, 0.717) is 11.3 Å². The van der Waals surface area contributed by atoms with Gasteiger partial charge in [0.1, 0.15) is 11.6 Å². The molecule has 0 radical (unpaired) electrons. The van der Waals surface area contributed by atoms with E-state index in [2.05, 4.69) is 10.3 Å². The highest BCUT2D eigenvalue weighted by atomic mass is 32.2. The number of imidazole rings is 1. The van der Waals surface area contributed by atoms with Gasteiger partial charge in [-0.3, -0.25) is 4.79 Å². The summed E-state index contributed by atoms with van der Waals surface area (Å²) in [7, 11) is -2.25. The van der Waals surface area contributed by atoms with E-state index in [0.717, 1.165) is 0 Å². The lowest BCUT2D eigenvalue weighted by Gasteiger charge is -2.18. The van der Waals surface area contributed by atoms with Gasteiger partial charge in [-0.05, 0) is 42.0 Å². The van der Waals surface area contributed by atoms with Crippen LogP contribution in [0.15, 0.2) is 66.1 Å². The molecular weight excluding hydrogens is 426 g/mol. The Morgan fingerprint density at radius 1 is 1.03 bits per heavy atom. The first-order chi connectivity index (χ1) is 14.7. The zero-order valence-electron chi connectivity index (χ0n) is 16.6. The molecule has 0 unspecified atom stereocenters. The molecule has 1 N–H and O–H groups in total. The van der Waals surface area contributed by atoms with Crippen LogP contribution < -0.4 is 5.32 Å². The lowest BCUT2D eigenvalue weighted by Crippen LogP contribution is -2.32. The van der Waals surface area contributed by atoms with Gasteiger partial charge in [-0.15, -0.1) is 0 Å². The quantitative estimate of drug-likeness (QED) is 0.653. The fourth-order valence-electron chi connectivity index (χ4n) is 3.70. The van der Waals surface area contributed by atoms with Crippen molar-refractivity contribution in [2.45, 2.75) is 10.9 Å². The number of benzene rings is 2. The fourth-order valence-corrected chi connectivity index (χ4v) is 5.16. The molecule has 1 aliphatic heterocycles. The van der Waals surface area contributed by atoms with Crippen molar-refractivity contribution >= 4 is 21.6 Å². The normalized spacial score (nSPS) is 19.5. The van der Waals surface area contributed by atoms with Gasteiger partial charge in [0.15, 0.2) is 5.03 Å². The third-order valence-corrected chi connectivity index (χ3v) is 7.04. The van der Waals surface area contributed by atoms with Crippen LogP contribution in [-0.4, -0.2) is 41.3 Å². The van der Waals surface area contributed by atoms with Gasteiger partial charge in [-0.2, -0.15) is 4.31 Å². The van der Waals surface area contributed by atoms with E-state index < -0.39 is 39.4 Å². The molecule has 0 saturated carbocycles. The van der Waals surface area contributed by atoms with E-state index >= 15 is 0 Å². The third kappa shape index (κ3) is 4.35. The second kappa shape index (κ2) is 8.20. The number of anilines is 1. The Kier molecular flexibility index (Phi) is 5.59. The van der Waals surface area contributed by atoms with Crippen LogP contribution in [-0.2, 0) is 21.9 Å². The molecule has 7 nitrogen and oxygen atoms in total. The number of amides is 1. The Balaban J connectivity index is 1.64. The highest BCUT2D eigenvalue weighted by molar-refractivity contribution is 7.89. The SMILES string of the molecule is Cn1cnc(S(=O)(=O)N2C[C@@H](C(=O)Nc3ccc(F)cc3)[C@H](c3ccc(F)cc3)C2)c1. The standard InChI is InChI=1S/C21H20F2N4O3S/c1-26-12-20(24-13-26)31(29,30)27-10-18(14-2-4-15(22)5-3-14)19(11-27)21(28)25-17-8-6-16(23)7-9-17/h2-9,12-13,18-19H,10-11H2,1H3,(H,25,28)/t18-,19+/m0/s1. The average Bonchev–Trinajstić information content (AvgIpc) is 3.38. The van der Waals surface area contributed by atoms with Gasteiger partial charge in [-0.25, -0.2) is 22.2 Å². The zero-order chi connectivity index (χ0) is 22.2. The minimum Gasteiger partial charge on any atom is -0.339 e. The monoisotopic (exact) mass is 446 g/mol. The summed E-state index contributed by atoms with van der Waals surface area (Å²) in [5.74, 6) is -2.48. The molecule has 0 bridgehead atoms. The highest BCUT2D eigenvalue weighted by Gasteiger charge is 2.44. The largest absolute Gasteiger partial charge is 0.339 e. The molecule has 1 aromatic heterocycles. The number of aryl methyl sites for hydroxylation is 1. The number of aromatic nitrogens is 2. The van der Waals surface area contributed by atoms with Crippen molar-refractivity contribution in [1.29, 1.82) is 0 Å². The number of carbonyl (C=O) groups excluding carboxylic acids is 1. The van der Waals surface area contributed by atoms with Crippen molar-refractivity contribution in [3.63, 3.8) is 0 Å². The number of nitrogens with one attached hydrogen (secondary N) is 1. The number of hydrogen-bond donors (Lipinski definition) is 1. The fraction of sp³-hybridized carbons (Fsp3) is 0.238. The predicted octanol–water partition coefficient (Wildman–Crippen LogP) is 2.74. The second-order valence-electron chi connectivity index (χ2n) is 7.46. The first kappa shape index (κ1) is 21.1. The molecule has 10 heteroatoms. The summed E-state index contributed by atoms with van der Waals surface area (Å²) in [5, 5.41) is 2.61. The Hall–Kier alpha value is -3.11. The zero-order valence-corrected chi connectivity index (χ0v) is 17.4. The smallest absolute Gasteiger partial charge is 0.262 e. The lowest BCUT2D eigenvalue weighted by molar-refractivity contribution is -0.119. The van der Waals surface area contributed by atoms with Crippen LogP contribution in [0.25, 0.3) is 0 Å². The van der Waals surface area contributed by atoms with E-state index in [9.17, 15) is 22.0 Å². The van der Waals surface area contributed by atoms with Crippen molar-refractivity contribution < 1.29 is 22.0 Å². The molecule has 162 valence electrons. The average molecular weight is 446 g/mol. The molecule has 3 aromatic rings. The molecule has 2 aromatic carbocycles. The summed E-state index contributed by atoms with van der Waals surface area (Å²) in [6.07, 6.45) is 2.79. The molecular formula is C21H20F2N4O3S. The van der Waals surface area contributed by atoms with Crippen molar-refractivity contribution in [3.8, 4) is 0 Å². The van der Waals surface area contributed by atoms with Crippen molar-refractivity contribution in [2.24, 2.45) is 13.0 Å². The van der Waals surface area contributed by atoms with Crippen LogP contribution in [0, 0.1) is 17.6 Å². The first-order valence-electron chi connectivity index (χ1n) is 9.54. The topological polar surface area (TPSA) is 84.3 Å². The molecule has 2 atom stereocenters. The lowest BCUT2D eigenvalue weighted by atomic mass is 9.88. The summed E-state index contributed by atoms with van der Waals surface area (Å²) in [5.41, 5.74) is 1.05. The maximum atomic E-state index is 13.4. The highest BCUT2D eigenvalue weighted by Crippen LogP contribution is 2.36. The maximum Gasteiger partial charge on any atom is 0.262 e.